The second-order valence-corrected chi connectivity index (χ2v) is 9.13. The van der Waals surface area contributed by atoms with Crippen LogP contribution in [0.3, 0.4) is 0 Å². The molecule has 4 nitrogen and oxygen atoms in total. The van der Waals surface area contributed by atoms with Gasteiger partial charge in [0.25, 0.3) is 5.91 Å². The first kappa shape index (κ1) is 22.1. The molecule has 1 N–H and O–H groups in total. The van der Waals surface area contributed by atoms with E-state index in [9.17, 15) is 4.79 Å². The van der Waals surface area contributed by atoms with Crippen LogP contribution in [0.15, 0.2) is 53.6 Å². The summed E-state index contributed by atoms with van der Waals surface area (Å²) >= 11 is 11.9. The number of hydrazone groups is 1. The molecule has 0 saturated heterocycles. The number of aromatic nitrogens is 1. The molecule has 3 rings (SSSR count). The van der Waals surface area contributed by atoms with E-state index >= 15 is 0 Å². The van der Waals surface area contributed by atoms with Crippen molar-refractivity contribution in [3.05, 3.63) is 86.7 Å². The van der Waals surface area contributed by atoms with Gasteiger partial charge in [-0.05, 0) is 61.2 Å². The number of carbonyl (C=O) groups is 1. The van der Waals surface area contributed by atoms with Gasteiger partial charge in [0.05, 0.1) is 16.8 Å². The number of hydrogen-bond donors (Lipinski definition) is 1. The van der Waals surface area contributed by atoms with Crippen LogP contribution in [0.25, 0.3) is 5.69 Å². The van der Waals surface area contributed by atoms with Gasteiger partial charge in [-0.3, -0.25) is 4.79 Å². The number of nitrogens with zero attached hydrogens (tertiary/aromatic N) is 2. The van der Waals surface area contributed by atoms with E-state index in [2.05, 4.69) is 60.1 Å². The smallest absolute Gasteiger partial charge is 0.272 e. The van der Waals surface area contributed by atoms with E-state index < -0.39 is 0 Å². The summed E-state index contributed by atoms with van der Waals surface area (Å²) in [5.41, 5.74) is 8.39. The molecule has 3 aromatic rings. The monoisotopic (exact) mass is 441 g/mol. The normalized spacial score (nSPS) is 11.8. The van der Waals surface area contributed by atoms with Gasteiger partial charge in [-0.25, -0.2) is 5.43 Å². The molecule has 2 aromatic carbocycles. The number of nitrogens with one attached hydrogen (secondary N) is 1. The van der Waals surface area contributed by atoms with Crippen molar-refractivity contribution in [2.24, 2.45) is 5.10 Å². The summed E-state index contributed by atoms with van der Waals surface area (Å²) in [7, 11) is 0. The van der Waals surface area contributed by atoms with Crippen molar-refractivity contribution in [1.29, 1.82) is 0 Å². The highest BCUT2D eigenvalue weighted by molar-refractivity contribution is 6.36. The van der Waals surface area contributed by atoms with Gasteiger partial charge in [0.2, 0.25) is 0 Å². The lowest BCUT2D eigenvalue weighted by molar-refractivity contribution is 0.0955. The standard InChI is InChI=1S/C24H25Cl2N3O/c1-15-12-17(14-27-28-23(30)21-11-8-19(25)13-22(21)26)16(2)29(15)20-9-6-18(7-10-20)24(3,4)5/h6-14H,1-5H3,(H,28,30)/b27-14-. The summed E-state index contributed by atoms with van der Waals surface area (Å²) < 4.78 is 2.17. The van der Waals surface area contributed by atoms with Crippen molar-refractivity contribution in [2.45, 2.75) is 40.0 Å². The minimum absolute atomic E-state index is 0.113. The molecule has 0 fully saturated rings. The molecule has 1 amide bonds. The van der Waals surface area contributed by atoms with Crippen LogP contribution in [-0.4, -0.2) is 16.7 Å². The largest absolute Gasteiger partial charge is 0.318 e. The number of rotatable bonds is 4. The first-order valence-corrected chi connectivity index (χ1v) is 10.4. The Labute approximate surface area is 187 Å². The van der Waals surface area contributed by atoms with Crippen LogP contribution in [0.2, 0.25) is 10.0 Å². The van der Waals surface area contributed by atoms with E-state index in [1.54, 1.807) is 18.3 Å². The Morgan fingerprint density at radius 1 is 1.03 bits per heavy atom. The summed E-state index contributed by atoms with van der Waals surface area (Å²) in [6, 6.07) is 15.3. The quantitative estimate of drug-likeness (QED) is 0.366. The van der Waals surface area contributed by atoms with Crippen LogP contribution in [0.4, 0.5) is 0 Å². The van der Waals surface area contributed by atoms with E-state index in [-0.39, 0.29) is 16.3 Å². The van der Waals surface area contributed by atoms with Crippen molar-refractivity contribution in [3.8, 4) is 5.69 Å². The molecular formula is C24H25Cl2N3O. The van der Waals surface area contributed by atoms with E-state index in [0.29, 0.717) is 10.6 Å². The van der Waals surface area contributed by atoms with Gasteiger partial charge in [-0.1, -0.05) is 56.1 Å². The topological polar surface area (TPSA) is 46.4 Å². The summed E-state index contributed by atoms with van der Waals surface area (Å²) in [5.74, 6) is -0.389. The van der Waals surface area contributed by atoms with Crippen LogP contribution in [0.1, 0.15) is 53.6 Å². The Bertz CT molecular complexity index is 1110. The van der Waals surface area contributed by atoms with E-state index in [4.69, 9.17) is 23.2 Å². The van der Waals surface area contributed by atoms with Crippen molar-refractivity contribution in [2.75, 3.05) is 0 Å². The van der Waals surface area contributed by atoms with E-state index in [0.717, 1.165) is 22.6 Å². The Kier molecular flexibility index (Phi) is 6.39. The molecule has 0 unspecified atom stereocenters. The second kappa shape index (κ2) is 8.66. The van der Waals surface area contributed by atoms with Crippen LogP contribution in [0, 0.1) is 13.8 Å². The molecule has 0 aliphatic heterocycles. The van der Waals surface area contributed by atoms with Gasteiger partial charge in [0.1, 0.15) is 0 Å². The van der Waals surface area contributed by atoms with Crippen molar-refractivity contribution < 1.29 is 4.79 Å². The van der Waals surface area contributed by atoms with E-state index in [1.165, 1.54) is 11.6 Å². The molecule has 0 bridgehead atoms. The zero-order valence-corrected chi connectivity index (χ0v) is 19.3. The van der Waals surface area contributed by atoms with Crippen LogP contribution < -0.4 is 5.43 Å². The maximum absolute atomic E-state index is 12.3. The van der Waals surface area contributed by atoms with Crippen LogP contribution in [-0.2, 0) is 5.41 Å². The molecule has 30 heavy (non-hydrogen) atoms. The molecule has 1 aromatic heterocycles. The predicted molar refractivity (Wildman–Crippen MR) is 125 cm³/mol. The Morgan fingerprint density at radius 2 is 1.70 bits per heavy atom. The molecule has 156 valence electrons. The second-order valence-electron chi connectivity index (χ2n) is 8.28. The fourth-order valence-electron chi connectivity index (χ4n) is 3.32. The van der Waals surface area contributed by atoms with Gasteiger partial charge in [-0.2, -0.15) is 5.10 Å². The number of halogens is 2. The summed E-state index contributed by atoms with van der Waals surface area (Å²) in [6.07, 6.45) is 1.64. The van der Waals surface area contributed by atoms with Crippen LogP contribution >= 0.6 is 23.2 Å². The van der Waals surface area contributed by atoms with Gasteiger partial charge in [0.15, 0.2) is 0 Å². The third kappa shape index (κ3) is 4.77. The number of carbonyl (C=O) groups excluding carboxylic acids is 1. The lowest BCUT2D eigenvalue weighted by atomic mass is 9.87. The number of aryl methyl sites for hydroxylation is 1. The lowest BCUT2D eigenvalue weighted by Gasteiger charge is -2.20. The third-order valence-corrected chi connectivity index (χ3v) is 5.56. The molecule has 0 atom stereocenters. The van der Waals surface area contributed by atoms with Gasteiger partial charge in [0, 0.05) is 27.7 Å². The highest BCUT2D eigenvalue weighted by atomic mass is 35.5. The summed E-state index contributed by atoms with van der Waals surface area (Å²) in [5, 5.41) is 4.87. The molecular weight excluding hydrogens is 417 g/mol. The zero-order valence-electron chi connectivity index (χ0n) is 17.8. The Balaban J connectivity index is 1.79. The first-order valence-electron chi connectivity index (χ1n) is 9.66. The highest BCUT2D eigenvalue weighted by Crippen LogP contribution is 2.25. The van der Waals surface area contributed by atoms with Crippen molar-refractivity contribution >= 4 is 35.3 Å². The minimum Gasteiger partial charge on any atom is -0.318 e. The molecule has 1 heterocycles. The average Bonchev–Trinajstić information content (AvgIpc) is 2.94. The zero-order chi connectivity index (χ0) is 22.1. The third-order valence-electron chi connectivity index (χ3n) is 5.01. The maximum atomic E-state index is 12.3. The summed E-state index contributed by atoms with van der Waals surface area (Å²) in [6.45, 7) is 10.7. The first-order chi connectivity index (χ1) is 14.1. The van der Waals surface area contributed by atoms with Crippen LogP contribution in [0.5, 0.6) is 0 Å². The molecule has 0 saturated carbocycles. The van der Waals surface area contributed by atoms with Gasteiger partial charge < -0.3 is 4.57 Å². The van der Waals surface area contributed by atoms with E-state index in [1.807, 2.05) is 19.9 Å². The van der Waals surface area contributed by atoms with Gasteiger partial charge in [-0.15, -0.1) is 0 Å². The fourth-order valence-corrected chi connectivity index (χ4v) is 3.81. The Morgan fingerprint density at radius 3 is 2.30 bits per heavy atom. The lowest BCUT2D eigenvalue weighted by Crippen LogP contribution is -2.18. The van der Waals surface area contributed by atoms with Crippen molar-refractivity contribution in [3.63, 3.8) is 0 Å². The maximum Gasteiger partial charge on any atom is 0.272 e. The number of benzene rings is 2. The number of amides is 1. The predicted octanol–water partition coefficient (Wildman–Crippen LogP) is 6.46. The summed E-state index contributed by atoms with van der Waals surface area (Å²) in [4.78, 5) is 12.3. The SMILES string of the molecule is Cc1cc(/C=N\NC(=O)c2ccc(Cl)cc2Cl)c(C)n1-c1ccc(C(C)(C)C)cc1. The highest BCUT2D eigenvalue weighted by Gasteiger charge is 2.15. The molecule has 0 radical (unpaired) electrons. The van der Waals surface area contributed by atoms with Crippen molar-refractivity contribution in [1.82, 2.24) is 9.99 Å². The molecule has 0 aliphatic carbocycles. The molecule has 0 spiro atoms. The van der Waals surface area contributed by atoms with Gasteiger partial charge >= 0.3 is 0 Å². The molecule has 6 heteroatoms. The Hall–Kier alpha value is -2.56. The minimum atomic E-state index is -0.389. The number of hydrogen-bond acceptors (Lipinski definition) is 2. The molecule has 0 aliphatic rings. The fraction of sp³-hybridized carbons (Fsp3) is 0.250. The average molecular weight is 442 g/mol.